The predicted octanol–water partition coefficient (Wildman–Crippen LogP) is 2.80. The zero-order valence-corrected chi connectivity index (χ0v) is 13.2. The number of aromatic amines is 1. The molecule has 4 rings (SSSR count). The lowest BCUT2D eigenvalue weighted by Crippen LogP contribution is -2.27. The number of amides is 1. The molecule has 0 bridgehead atoms. The molecule has 24 heavy (non-hydrogen) atoms. The molecule has 5 heteroatoms. The van der Waals surface area contributed by atoms with Crippen molar-refractivity contribution in [1.82, 2.24) is 10.3 Å². The van der Waals surface area contributed by atoms with Crippen LogP contribution in [0.5, 0.6) is 11.5 Å². The number of nitrogens with one attached hydrogen (secondary N) is 2. The lowest BCUT2D eigenvalue weighted by Gasteiger charge is -2.06. The zero-order chi connectivity index (χ0) is 16.4. The monoisotopic (exact) mass is 322 g/mol. The maximum atomic E-state index is 12.2. The van der Waals surface area contributed by atoms with E-state index in [9.17, 15) is 4.79 Å². The number of aromatic nitrogens is 1. The van der Waals surface area contributed by atoms with Crippen LogP contribution in [0.15, 0.2) is 48.7 Å². The number of H-pyrrole nitrogens is 1. The molecule has 0 fully saturated rings. The third kappa shape index (κ3) is 2.93. The van der Waals surface area contributed by atoms with Crippen molar-refractivity contribution in [3.8, 4) is 11.5 Å². The Balaban J connectivity index is 1.32. The smallest absolute Gasteiger partial charge is 0.231 e. The van der Waals surface area contributed by atoms with E-state index in [4.69, 9.17) is 9.47 Å². The highest BCUT2D eigenvalue weighted by Gasteiger charge is 2.13. The van der Waals surface area contributed by atoms with E-state index in [0.29, 0.717) is 13.0 Å². The molecule has 0 saturated heterocycles. The fraction of sp³-hybridized carbons (Fsp3) is 0.211. The molecule has 0 spiro atoms. The minimum Gasteiger partial charge on any atom is -0.454 e. The van der Waals surface area contributed by atoms with Gasteiger partial charge in [-0.05, 0) is 35.7 Å². The van der Waals surface area contributed by atoms with Crippen LogP contribution in [-0.2, 0) is 17.6 Å². The third-order valence-electron chi connectivity index (χ3n) is 4.20. The van der Waals surface area contributed by atoms with E-state index in [1.165, 1.54) is 0 Å². The molecular formula is C19H18N2O3. The first-order valence-electron chi connectivity index (χ1n) is 8.00. The van der Waals surface area contributed by atoms with Crippen LogP contribution in [0.3, 0.4) is 0 Å². The Morgan fingerprint density at radius 3 is 2.96 bits per heavy atom. The average Bonchev–Trinajstić information content (AvgIpc) is 3.22. The normalized spacial score (nSPS) is 12.5. The van der Waals surface area contributed by atoms with Gasteiger partial charge in [-0.15, -0.1) is 0 Å². The summed E-state index contributed by atoms with van der Waals surface area (Å²) in [7, 11) is 0. The first kappa shape index (κ1) is 14.6. The van der Waals surface area contributed by atoms with Gasteiger partial charge < -0.3 is 19.8 Å². The first-order valence-corrected chi connectivity index (χ1v) is 8.00. The molecule has 3 aromatic rings. The summed E-state index contributed by atoms with van der Waals surface area (Å²) in [6, 6.07) is 13.9. The van der Waals surface area contributed by atoms with Crippen LogP contribution in [0.4, 0.5) is 0 Å². The summed E-state index contributed by atoms with van der Waals surface area (Å²) >= 11 is 0. The molecule has 0 radical (unpaired) electrons. The SMILES string of the molecule is O=C(Cc1c[nH]c2ccccc12)NCCc1ccc2c(c1)OCO2. The molecule has 0 aliphatic carbocycles. The lowest BCUT2D eigenvalue weighted by atomic mass is 10.1. The van der Waals surface area contributed by atoms with E-state index in [2.05, 4.69) is 10.3 Å². The Hall–Kier alpha value is -2.95. The number of ether oxygens (including phenoxy) is 2. The Morgan fingerprint density at radius 1 is 1.12 bits per heavy atom. The first-order chi connectivity index (χ1) is 11.8. The van der Waals surface area contributed by atoms with Gasteiger partial charge in [-0.25, -0.2) is 0 Å². The van der Waals surface area contributed by atoms with E-state index in [1.807, 2.05) is 48.7 Å². The molecule has 1 aromatic heterocycles. The molecule has 122 valence electrons. The number of hydrogen-bond donors (Lipinski definition) is 2. The standard InChI is InChI=1S/C19H18N2O3/c22-19(10-14-11-21-16-4-2-1-3-15(14)16)20-8-7-13-5-6-17-18(9-13)24-12-23-17/h1-6,9,11,21H,7-8,10,12H2,(H,20,22). The summed E-state index contributed by atoms with van der Waals surface area (Å²) in [4.78, 5) is 15.4. The molecule has 2 aromatic carbocycles. The van der Waals surface area contributed by atoms with Crippen LogP contribution in [-0.4, -0.2) is 24.2 Å². The van der Waals surface area contributed by atoms with Gasteiger partial charge in [-0.1, -0.05) is 24.3 Å². The van der Waals surface area contributed by atoms with E-state index in [0.717, 1.165) is 39.9 Å². The average molecular weight is 322 g/mol. The molecule has 2 N–H and O–H groups in total. The number of para-hydroxylation sites is 1. The Kier molecular flexibility index (Phi) is 3.83. The minimum atomic E-state index is 0.0282. The van der Waals surface area contributed by atoms with Gasteiger partial charge in [0.15, 0.2) is 11.5 Å². The van der Waals surface area contributed by atoms with Crippen molar-refractivity contribution in [2.75, 3.05) is 13.3 Å². The summed E-state index contributed by atoms with van der Waals surface area (Å²) < 4.78 is 10.7. The second-order valence-electron chi connectivity index (χ2n) is 5.82. The summed E-state index contributed by atoms with van der Waals surface area (Å²) in [5, 5.41) is 4.08. The summed E-state index contributed by atoms with van der Waals surface area (Å²) in [6.07, 6.45) is 3.05. The van der Waals surface area contributed by atoms with Crippen molar-refractivity contribution in [3.05, 3.63) is 59.8 Å². The number of fused-ring (bicyclic) bond motifs is 2. The topological polar surface area (TPSA) is 63.4 Å². The molecule has 1 amide bonds. The second kappa shape index (κ2) is 6.28. The molecule has 0 unspecified atom stereocenters. The predicted molar refractivity (Wildman–Crippen MR) is 91.3 cm³/mol. The van der Waals surface area contributed by atoms with Gasteiger partial charge in [-0.2, -0.15) is 0 Å². The van der Waals surface area contributed by atoms with Gasteiger partial charge in [0.05, 0.1) is 6.42 Å². The van der Waals surface area contributed by atoms with Crippen molar-refractivity contribution in [2.24, 2.45) is 0 Å². The molecule has 5 nitrogen and oxygen atoms in total. The van der Waals surface area contributed by atoms with Crippen molar-refractivity contribution in [3.63, 3.8) is 0 Å². The van der Waals surface area contributed by atoms with Gasteiger partial charge in [0, 0.05) is 23.6 Å². The molecule has 0 saturated carbocycles. The second-order valence-corrected chi connectivity index (χ2v) is 5.82. The third-order valence-corrected chi connectivity index (χ3v) is 4.20. The van der Waals surface area contributed by atoms with Crippen LogP contribution in [0.2, 0.25) is 0 Å². The largest absolute Gasteiger partial charge is 0.454 e. The van der Waals surface area contributed by atoms with E-state index < -0.39 is 0 Å². The maximum Gasteiger partial charge on any atom is 0.231 e. The van der Waals surface area contributed by atoms with Crippen LogP contribution in [0.25, 0.3) is 10.9 Å². The molecular weight excluding hydrogens is 304 g/mol. The number of rotatable bonds is 5. The highest BCUT2D eigenvalue weighted by molar-refractivity contribution is 5.88. The van der Waals surface area contributed by atoms with Gasteiger partial charge in [-0.3, -0.25) is 4.79 Å². The highest BCUT2D eigenvalue weighted by atomic mass is 16.7. The molecule has 1 aliphatic heterocycles. The number of carbonyl (C=O) groups excluding carboxylic acids is 1. The van der Waals surface area contributed by atoms with Crippen LogP contribution in [0, 0.1) is 0 Å². The summed E-state index contributed by atoms with van der Waals surface area (Å²) in [5.74, 6) is 1.58. The molecule has 0 atom stereocenters. The quantitative estimate of drug-likeness (QED) is 0.759. The van der Waals surface area contributed by atoms with Crippen LogP contribution in [0.1, 0.15) is 11.1 Å². The van der Waals surface area contributed by atoms with Crippen molar-refractivity contribution in [1.29, 1.82) is 0 Å². The van der Waals surface area contributed by atoms with Crippen LogP contribution < -0.4 is 14.8 Å². The van der Waals surface area contributed by atoms with Crippen molar-refractivity contribution >= 4 is 16.8 Å². The summed E-state index contributed by atoms with van der Waals surface area (Å²) in [6.45, 7) is 0.876. The lowest BCUT2D eigenvalue weighted by molar-refractivity contribution is -0.120. The Bertz CT molecular complexity index is 885. The number of benzene rings is 2. The summed E-state index contributed by atoms with van der Waals surface area (Å²) in [5.41, 5.74) is 3.19. The van der Waals surface area contributed by atoms with Gasteiger partial charge in [0.2, 0.25) is 12.7 Å². The number of carbonyl (C=O) groups is 1. The minimum absolute atomic E-state index is 0.0282. The van der Waals surface area contributed by atoms with E-state index in [-0.39, 0.29) is 12.7 Å². The number of hydrogen-bond acceptors (Lipinski definition) is 3. The van der Waals surface area contributed by atoms with Crippen LogP contribution >= 0.6 is 0 Å². The Morgan fingerprint density at radius 2 is 2.00 bits per heavy atom. The molecule has 2 heterocycles. The molecule has 1 aliphatic rings. The van der Waals surface area contributed by atoms with Gasteiger partial charge in [0.25, 0.3) is 0 Å². The van der Waals surface area contributed by atoms with Gasteiger partial charge >= 0.3 is 0 Å². The highest BCUT2D eigenvalue weighted by Crippen LogP contribution is 2.32. The van der Waals surface area contributed by atoms with E-state index in [1.54, 1.807) is 0 Å². The Labute approximate surface area is 139 Å². The van der Waals surface area contributed by atoms with Gasteiger partial charge in [0.1, 0.15) is 0 Å². The fourth-order valence-corrected chi connectivity index (χ4v) is 2.96. The van der Waals surface area contributed by atoms with E-state index >= 15 is 0 Å². The maximum absolute atomic E-state index is 12.2. The fourth-order valence-electron chi connectivity index (χ4n) is 2.96. The van der Waals surface area contributed by atoms with Crippen molar-refractivity contribution < 1.29 is 14.3 Å². The zero-order valence-electron chi connectivity index (χ0n) is 13.2. The van der Waals surface area contributed by atoms with Crippen molar-refractivity contribution in [2.45, 2.75) is 12.8 Å².